The van der Waals surface area contributed by atoms with Gasteiger partial charge in [0.1, 0.15) is 28.9 Å². The SMILES string of the molecule is COc1cc(OC)cc(Oc2cc(N)nc(C3CC3)n2)c1. The molecule has 2 N–H and O–H groups in total. The smallest absolute Gasteiger partial charge is 0.224 e. The summed E-state index contributed by atoms with van der Waals surface area (Å²) in [5.41, 5.74) is 5.81. The first-order valence-electron chi connectivity index (χ1n) is 6.73. The lowest BCUT2D eigenvalue weighted by molar-refractivity contribution is 0.384. The van der Waals surface area contributed by atoms with Crippen LogP contribution in [0.4, 0.5) is 5.82 Å². The monoisotopic (exact) mass is 287 g/mol. The van der Waals surface area contributed by atoms with E-state index in [1.54, 1.807) is 38.5 Å². The zero-order valence-corrected chi connectivity index (χ0v) is 12.0. The van der Waals surface area contributed by atoms with Crippen molar-refractivity contribution < 1.29 is 14.2 Å². The van der Waals surface area contributed by atoms with Gasteiger partial charge in [0.2, 0.25) is 5.88 Å². The van der Waals surface area contributed by atoms with Crippen LogP contribution in [0.1, 0.15) is 24.6 Å². The molecule has 1 fully saturated rings. The van der Waals surface area contributed by atoms with Crippen LogP contribution in [-0.2, 0) is 0 Å². The summed E-state index contributed by atoms with van der Waals surface area (Å²) in [6.45, 7) is 0. The van der Waals surface area contributed by atoms with Gasteiger partial charge in [0.05, 0.1) is 14.2 Å². The fourth-order valence-corrected chi connectivity index (χ4v) is 2.00. The number of rotatable bonds is 5. The minimum Gasteiger partial charge on any atom is -0.496 e. The fraction of sp³-hybridized carbons (Fsp3) is 0.333. The van der Waals surface area contributed by atoms with Crippen molar-refractivity contribution in [3.8, 4) is 23.1 Å². The number of aromatic nitrogens is 2. The van der Waals surface area contributed by atoms with Crippen molar-refractivity contribution in [2.45, 2.75) is 18.8 Å². The average molecular weight is 287 g/mol. The lowest BCUT2D eigenvalue weighted by Gasteiger charge is -2.10. The van der Waals surface area contributed by atoms with E-state index in [0.29, 0.717) is 34.9 Å². The largest absolute Gasteiger partial charge is 0.496 e. The zero-order chi connectivity index (χ0) is 14.8. The number of ether oxygens (including phenoxy) is 3. The molecule has 110 valence electrons. The molecule has 3 rings (SSSR count). The lowest BCUT2D eigenvalue weighted by atomic mass is 10.3. The second kappa shape index (κ2) is 5.47. The van der Waals surface area contributed by atoms with Crippen LogP contribution in [0, 0.1) is 0 Å². The van der Waals surface area contributed by atoms with Crippen molar-refractivity contribution in [1.29, 1.82) is 0 Å². The topological polar surface area (TPSA) is 79.5 Å². The third-order valence-electron chi connectivity index (χ3n) is 3.23. The summed E-state index contributed by atoms with van der Waals surface area (Å²) < 4.78 is 16.2. The molecule has 6 heteroatoms. The summed E-state index contributed by atoms with van der Waals surface area (Å²) in [5, 5.41) is 0. The maximum atomic E-state index is 5.81. The van der Waals surface area contributed by atoms with Gasteiger partial charge < -0.3 is 19.9 Å². The number of nitrogens with two attached hydrogens (primary N) is 1. The number of nitrogens with zero attached hydrogens (tertiary/aromatic N) is 2. The van der Waals surface area contributed by atoms with E-state index in [2.05, 4.69) is 9.97 Å². The van der Waals surface area contributed by atoms with Crippen LogP contribution in [0.15, 0.2) is 24.3 Å². The minimum atomic E-state index is 0.413. The Kier molecular flexibility index (Phi) is 3.51. The van der Waals surface area contributed by atoms with E-state index in [-0.39, 0.29) is 0 Å². The van der Waals surface area contributed by atoms with Crippen LogP contribution < -0.4 is 19.9 Å². The van der Waals surface area contributed by atoms with Crippen LogP contribution in [0.2, 0.25) is 0 Å². The van der Waals surface area contributed by atoms with E-state index in [0.717, 1.165) is 18.7 Å². The molecule has 0 unspecified atom stereocenters. The van der Waals surface area contributed by atoms with Crippen LogP contribution >= 0.6 is 0 Å². The second-order valence-electron chi connectivity index (χ2n) is 4.91. The third kappa shape index (κ3) is 3.16. The Balaban J connectivity index is 1.88. The minimum absolute atomic E-state index is 0.413. The lowest BCUT2D eigenvalue weighted by Crippen LogP contribution is -2.00. The molecule has 0 aliphatic heterocycles. The first-order chi connectivity index (χ1) is 10.2. The molecular weight excluding hydrogens is 270 g/mol. The van der Waals surface area contributed by atoms with Gasteiger partial charge in [-0.3, -0.25) is 0 Å². The molecule has 2 aromatic rings. The Morgan fingerprint density at radius 3 is 2.14 bits per heavy atom. The van der Waals surface area contributed by atoms with Crippen molar-refractivity contribution in [1.82, 2.24) is 9.97 Å². The number of hydrogen-bond acceptors (Lipinski definition) is 6. The van der Waals surface area contributed by atoms with Gasteiger partial charge in [-0.05, 0) is 12.8 Å². The van der Waals surface area contributed by atoms with Gasteiger partial charge in [0, 0.05) is 30.2 Å². The first-order valence-corrected chi connectivity index (χ1v) is 6.73. The Morgan fingerprint density at radius 1 is 0.952 bits per heavy atom. The van der Waals surface area contributed by atoms with E-state index >= 15 is 0 Å². The highest BCUT2D eigenvalue weighted by molar-refractivity contribution is 5.44. The van der Waals surface area contributed by atoms with Gasteiger partial charge in [-0.2, -0.15) is 4.98 Å². The molecule has 6 nitrogen and oxygen atoms in total. The van der Waals surface area contributed by atoms with E-state index in [1.807, 2.05) is 0 Å². The van der Waals surface area contributed by atoms with Crippen molar-refractivity contribution in [2.24, 2.45) is 0 Å². The second-order valence-corrected chi connectivity index (χ2v) is 4.91. The normalized spacial score (nSPS) is 13.8. The highest BCUT2D eigenvalue weighted by Gasteiger charge is 2.27. The van der Waals surface area contributed by atoms with Gasteiger partial charge in [0.15, 0.2) is 0 Å². The fourth-order valence-electron chi connectivity index (χ4n) is 2.00. The summed E-state index contributed by atoms with van der Waals surface area (Å²) in [6.07, 6.45) is 2.21. The Hall–Kier alpha value is -2.50. The molecule has 0 atom stereocenters. The van der Waals surface area contributed by atoms with Crippen LogP contribution in [0.25, 0.3) is 0 Å². The molecule has 0 radical (unpaired) electrons. The van der Waals surface area contributed by atoms with E-state index in [1.165, 1.54) is 0 Å². The molecule has 1 aliphatic carbocycles. The standard InChI is InChI=1S/C15H17N3O3/c1-19-10-5-11(20-2)7-12(6-10)21-14-8-13(16)17-15(18-14)9-3-4-9/h5-9H,3-4H2,1-2H3,(H2,16,17,18). The number of hydrogen-bond donors (Lipinski definition) is 1. The summed E-state index contributed by atoms with van der Waals surface area (Å²) >= 11 is 0. The summed E-state index contributed by atoms with van der Waals surface area (Å²) in [7, 11) is 3.18. The van der Waals surface area contributed by atoms with Crippen LogP contribution in [0.3, 0.4) is 0 Å². The molecular formula is C15H17N3O3. The highest BCUT2D eigenvalue weighted by Crippen LogP contribution is 2.39. The number of nitrogen functional groups attached to an aromatic ring is 1. The van der Waals surface area contributed by atoms with Crippen molar-refractivity contribution in [2.75, 3.05) is 20.0 Å². The maximum absolute atomic E-state index is 5.81. The quantitative estimate of drug-likeness (QED) is 0.910. The maximum Gasteiger partial charge on any atom is 0.224 e. The van der Waals surface area contributed by atoms with E-state index in [9.17, 15) is 0 Å². The summed E-state index contributed by atoms with van der Waals surface area (Å²) in [5.74, 6) is 3.88. The molecule has 0 spiro atoms. The van der Waals surface area contributed by atoms with Crippen molar-refractivity contribution >= 4 is 5.82 Å². The van der Waals surface area contributed by atoms with Gasteiger partial charge in [-0.25, -0.2) is 4.98 Å². The molecule has 0 bridgehead atoms. The highest BCUT2D eigenvalue weighted by atomic mass is 16.5. The molecule has 1 aliphatic rings. The third-order valence-corrected chi connectivity index (χ3v) is 3.23. The molecule has 1 saturated carbocycles. The van der Waals surface area contributed by atoms with E-state index in [4.69, 9.17) is 19.9 Å². The predicted molar refractivity (Wildman–Crippen MR) is 78.0 cm³/mol. The Labute approximate surface area is 122 Å². The van der Waals surface area contributed by atoms with Gasteiger partial charge >= 0.3 is 0 Å². The first kappa shape index (κ1) is 13.5. The Morgan fingerprint density at radius 2 is 1.57 bits per heavy atom. The predicted octanol–water partition coefficient (Wildman–Crippen LogP) is 2.75. The average Bonchev–Trinajstić information content (AvgIpc) is 3.30. The van der Waals surface area contributed by atoms with Gasteiger partial charge in [-0.1, -0.05) is 0 Å². The molecule has 21 heavy (non-hydrogen) atoms. The summed E-state index contributed by atoms with van der Waals surface area (Å²) in [4.78, 5) is 8.65. The van der Waals surface area contributed by atoms with Crippen LogP contribution in [0.5, 0.6) is 23.1 Å². The molecule has 1 aromatic carbocycles. The number of benzene rings is 1. The Bertz CT molecular complexity index is 634. The molecule has 0 saturated heterocycles. The van der Waals surface area contributed by atoms with E-state index < -0.39 is 0 Å². The number of anilines is 1. The zero-order valence-electron chi connectivity index (χ0n) is 12.0. The van der Waals surface area contributed by atoms with Gasteiger partial charge in [-0.15, -0.1) is 0 Å². The molecule has 1 heterocycles. The van der Waals surface area contributed by atoms with Crippen molar-refractivity contribution in [3.05, 3.63) is 30.1 Å². The van der Waals surface area contributed by atoms with Gasteiger partial charge in [0.25, 0.3) is 0 Å². The summed E-state index contributed by atoms with van der Waals surface area (Å²) in [6, 6.07) is 6.91. The van der Waals surface area contributed by atoms with Crippen LogP contribution in [-0.4, -0.2) is 24.2 Å². The molecule has 0 amide bonds. The molecule has 1 aromatic heterocycles. The number of methoxy groups -OCH3 is 2. The van der Waals surface area contributed by atoms with Crippen molar-refractivity contribution in [3.63, 3.8) is 0 Å².